The first kappa shape index (κ1) is 24.6. The van der Waals surface area contributed by atoms with Gasteiger partial charge in [-0.15, -0.1) is 0 Å². The van der Waals surface area contributed by atoms with Crippen molar-refractivity contribution in [3.8, 4) is 0 Å². The van der Waals surface area contributed by atoms with E-state index in [1.807, 2.05) is 32.0 Å². The van der Waals surface area contributed by atoms with Gasteiger partial charge in [0.1, 0.15) is 6.04 Å². The van der Waals surface area contributed by atoms with E-state index < -0.39 is 34.5 Å². The largest absolute Gasteiger partial charge is 0.454 e. The van der Waals surface area contributed by atoms with Crippen molar-refractivity contribution in [3.05, 3.63) is 59.7 Å². The van der Waals surface area contributed by atoms with E-state index in [4.69, 9.17) is 4.74 Å². The Morgan fingerprint density at radius 1 is 0.935 bits per heavy atom. The van der Waals surface area contributed by atoms with Crippen LogP contribution in [0.2, 0.25) is 0 Å². The third-order valence-electron chi connectivity index (χ3n) is 4.87. The molecule has 2 aromatic carbocycles. The van der Waals surface area contributed by atoms with Crippen LogP contribution in [-0.2, 0) is 37.2 Å². The molecule has 0 fully saturated rings. The van der Waals surface area contributed by atoms with Gasteiger partial charge in [-0.05, 0) is 42.0 Å². The molecule has 0 aliphatic rings. The fourth-order valence-electron chi connectivity index (χ4n) is 3.10. The Balaban J connectivity index is 2.05. The summed E-state index contributed by atoms with van der Waals surface area (Å²) >= 11 is 0. The number of hydrogen-bond acceptors (Lipinski definition) is 5. The number of carbonyl (C=O) groups is 2. The average Bonchev–Trinajstić information content (AvgIpc) is 2.76. The number of ether oxygens (including phenoxy) is 1. The van der Waals surface area contributed by atoms with Crippen molar-refractivity contribution in [3.63, 3.8) is 0 Å². The molecular weight excluding hydrogens is 416 g/mol. The van der Waals surface area contributed by atoms with Crippen molar-refractivity contribution in [1.29, 1.82) is 0 Å². The van der Waals surface area contributed by atoms with Gasteiger partial charge < -0.3 is 10.1 Å². The maximum atomic E-state index is 12.6. The highest BCUT2D eigenvalue weighted by atomic mass is 32.2. The first-order chi connectivity index (χ1) is 14.7. The quantitative estimate of drug-likeness (QED) is 0.545. The monoisotopic (exact) mass is 446 g/mol. The van der Waals surface area contributed by atoms with Crippen LogP contribution in [0.15, 0.2) is 53.4 Å². The van der Waals surface area contributed by atoms with Crippen molar-refractivity contribution in [2.75, 3.05) is 11.9 Å². The van der Waals surface area contributed by atoms with Crippen LogP contribution in [0, 0.1) is 5.92 Å². The minimum Gasteiger partial charge on any atom is -0.454 e. The van der Waals surface area contributed by atoms with Gasteiger partial charge in [-0.3, -0.25) is 9.59 Å². The first-order valence-corrected chi connectivity index (χ1v) is 11.8. The zero-order valence-electron chi connectivity index (χ0n) is 18.3. The molecule has 168 valence electrons. The maximum absolute atomic E-state index is 12.6. The van der Waals surface area contributed by atoms with E-state index in [-0.39, 0.29) is 10.8 Å². The van der Waals surface area contributed by atoms with Gasteiger partial charge in [-0.2, -0.15) is 4.72 Å². The van der Waals surface area contributed by atoms with Gasteiger partial charge in [0.25, 0.3) is 5.91 Å². The van der Waals surface area contributed by atoms with Crippen LogP contribution < -0.4 is 10.0 Å². The van der Waals surface area contributed by atoms with Crippen molar-refractivity contribution < 1.29 is 22.7 Å². The highest BCUT2D eigenvalue weighted by Gasteiger charge is 2.30. The summed E-state index contributed by atoms with van der Waals surface area (Å²) < 4.78 is 32.7. The second kappa shape index (κ2) is 11.1. The van der Waals surface area contributed by atoms with Crippen molar-refractivity contribution in [2.24, 2.45) is 5.92 Å². The fraction of sp³-hybridized carbons (Fsp3) is 0.391. The van der Waals surface area contributed by atoms with Crippen LogP contribution in [0.25, 0.3) is 0 Å². The molecule has 0 heterocycles. The Morgan fingerprint density at radius 2 is 1.52 bits per heavy atom. The summed E-state index contributed by atoms with van der Waals surface area (Å²) in [4.78, 5) is 25.0. The molecule has 0 spiro atoms. The number of carbonyl (C=O) groups excluding carboxylic acids is 2. The molecule has 0 bridgehead atoms. The smallest absolute Gasteiger partial charge is 0.324 e. The maximum Gasteiger partial charge on any atom is 0.324 e. The topological polar surface area (TPSA) is 102 Å². The first-order valence-electron chi connectivity index (χ1n) is 10.3. The molecular formula is C23H30N2O5S. The zero-order valence-corrected chi connectivity index (χ0v) is 19.2. The van der Waals surface area contributed by atoms with Crippen molar-refractivity contribution in [1.82, 2.24) is 4.72 Å². The van der Waals surface area contributed by atoms with Crippen LogP contribution in [0.4, 0.5) is 5.69 Å². The molecule has 0 aliphatic carbocycles. The van der Waals surface area contributed by atoms with Crippen LogP contribution in [0.1, 0.15) is 38.8 Å². The van der Waals surface area contributed by atoms with Gasteiger partial charge in [-0.1, -0.05) is 64.1 Å². The Labute approximate surface area is 184 Å². The number of anilines is 1. The third kappa shape index (κ3) is 6.63. The molecule has 31 heavy (non-hydrogen) atoms. The number of sulfonamides is 1. The van der Waals surface area contributed by atoms with Crippen LogP contribution in [0.5, 0.6) is 0 Å². The number of para-hydroxylation sites is 1. The number of hydrogen-bond donors (Lipinski definition) is 2. The summed E-state index contributed by atoms with van der Waals surface area (Å²) in [5, 5.41) is 2.82. The fourth-order valence-corrected chi connectivity index (χ4v) is 4.45. The molecule has 0 aliphatic heterocycles. The van der Waals surface area contributed by atoms with Gasteiger partial charge in [0.15, 0.2) is 6.61 Å². The van der Waals surface area contributed by atoms with Gasteiger partial charge in [0.05, 0.1) is 4.90 Å². The van der Waals surface area contributed by atoms with E-state index in [0.29, 0.717) is 0 Å². The summed E-state index contributed by atoms with van der Waals surface area (Å²) in [6, 6.07) is 12.5. The van der Waals surface area contributed by atoms with E-state index in [1.54, 1.807) is 32.0 Å². The summed E-state index contributed by atoms with van der Waals surface area (Å²) in [6.45, 7) is 6.89. The van der Waals surface area contributed by atoms with Gasteiger partial charge >= 0.3 is 5.97 Å². The highest BCUT2D eigenvalue weighted by molar-refractivity contribution is 7.89. The SMILES string of the molecule is CCc1cccc(CC)c1NC(=O)COC(=O)[C@@H](NS(=O)(=O)c1ccccc1)C(C)C. The number of aryl methyl sites for hydroxylation is 2. The number of rotatable bonds is 10. The number of esters is 1. The lowest BCUT2D eigenvalue weighted by Gasteiger charge is -2.21. The van der Waals surface area contributed by atoms with E-state index >= 15 is 0 Å². The normalized spacial score (nSPS) is 12.4. The summed E-state index contributed by atoms with van der Waals surface area (Å²) in [5.74, 6) is -1.65. The summed E-state index contributed by atoms with van der Waals surface area (Å²) in [5.41, 5.74) is 2.73. The average molecular weight is 447 g/mol. The number of benzene rings is 2. The summed E-state index contributed by atoms with van der Waals surface area (Å²) in [6.07, 6.45) is 1.50. The Hall–Kier alpha value is -2.71. The predicted octanol–water partition coefficient (Wildman–Crippen LogP) is 3.30. The molecule has 7 nitrogen and oxygen atoms in total. The third-order valence-corrected chi connectivity index (χ3v) is 6.32. The molecule has 0 aromatic heterocycles. The minimum absolute atomic E-state index is 0.0504. The van der Waals surface area contributed by atoms with Crippen molar-refractivity contribution in [2.45, 2.75) is 51.5 Å². The molecule has 2 rings (SSSR count). The molecule has 0 saturated heterocycles. The van der Waals surface area contributed by atoms with E-state index in [1.165, 1.54) is 12.1 Å². The lowest BCUT2D eigenvalue weighted by molar-refractivity contribution is -0.150. The summed E-state index contributed by atoms with van der Waals surface area (Å²) in [7, 11) is -3.91. The lowest BCUT2D eigenvalue weighted by atomic mass is 10.0. The molecule has 2 aromatic rings. The highest BCUT2D eigenvalue weighted by Crippen LogP contribution is 2.22. The second-order valence-electron chi connectivity index (χ2n) is 7.47. The lowest BCUT2D eigenvalue weighted by Crippen LogP contribution is -2.45. The Morgan fingerprint density at radius 3 is 2.03 bits per heavy atom. The van der Waals surface area contributed by atoms with Crippen LogP contribution in [0.3, 0.4) is 0 Å². The Bertz CT molecular complexity index is 982. The van der Waals surface area contributed by atoms with Gasteiger partial charge in [0.2, 0.25) is 10.0 Å². The van der Waals surface area contributed by atoms with Gasteiger partial charge in [0, 0.05) is 5.69 Å². The molecule has 0 radical (unpaired) electrons. The zero-order chi connectivity index (χ0) is 23.0. The molecule has 1 amide bonds. The minimum atomic E-state index is -3.91. The molecule has 8 heteroatoms. The van der Waals surface area contributed by atoms with Crippen molar-refractivity contribution >= 4 is 27.6 Å². The van der Waals surface area contributed by atoms with Gasteiger partial charge in [-0.25, -0.2) is 8.42 Å². The van der Waals surface area contributed by atoms with E-state index in [9.17, 15) is 18.0 Å². The van der Waals surface area contributed by atoms with E-state index in [0.717, 1.165) is 29.7 Å². The number of amides is 1. The molecule has 0 saturated carbocycles. The second-order valence-corrected chi connectivity index (χ2v) is 9.18. The molecule has 1 atom stereocenters. The molecule has 0 unspecified atom stereocenters. The standard InChI is InChI=1S/C23H30N2O5S/c1-5-17-11-10-12-18(6-2)22(17)24-20(26)15-30-23(27)21(16(3)4)25-31(28,29)19-13-8-7-9-14-19/h7-14,16,21,25H,5-6,15H2,1-4H3,(H,24,26)/t21-/m0/s1. The number of nitrogens with one attached hydrogen (secondary N) is 2. The van der Waals surface area contributed by atoms with Crippen LogP contribution in [-0.4, -0.2) is 32.9 Å². The van der Waals surface area contributed by atoms with E-state index in [2.05, 4.69) is 10.0 Å². The molecule has 2 N–H and O–H groups in total. The Kier molecular flexibility index (Phi) is 8.76. The van der Waals surface area contributed by atoms with Crippen LogP contribution >= 0.6 is 0 Å². The predicted molar refractivity (Wildman–Crippen MR) is 120 cm³/mol.